The maximum absolute atomic E-state index is 12.2. The molecule has 20 heavy (non-hydrogen) atoms. The first kappa shape index (κ1) is 12.3. The molecule has 6 nitrogen and oxygen atoms in total. The lowest BCUT2D eigenvalue weighted by atomic mass is 10.1. The van der Waals surface area contributed by atoms with Gasteiger partial charge in [0, 0.05) is 6.20 Å². The average molecular weight is 268 g/mol. The van der Waals surface area contributed by atoms with Gasteiger partial charge in [0.15, 0.2) is 5.82 Å². The molecule has 0 fully saturated rings. The zero-order valence-corrected chi connectivity index (χ0v) is 10.5. The van der Waals surface area contributed by atoms with Gasteiger partial charge in [0.25, 0.3) is 5.91 Å². The van der Waals surface area contributed by atoms with E-state index in [1.54, 1.807) is 42.6 Å². The van der Waals surface area contributed by atoms with Gasteiger partial charge >= 0.3 is 0 Å². The van der Waals surface area contributed by atoms with Crippen LogP contribution in [0, 0.1) is 0 Å². The van der Waals surface area contributed by atoms with Crippen molar-refractivity contribution < 1.29 is 9.59 Å². The fourth-order valence-corrected chi connectivity index (χ4v) is 2.18. The second-order valence-electron chi connectivity index (χ2n) is 4.28. The second kappa shape index (κ2) is 4.75. The van der Waals surface area contributed by atoms with Crippen LogP contribution >= 0.6 is 0 Å². The Hall–Kier alpha value is -2.73. The minimum atomic E-state index is -0.325. The Balaban J connectivity index is 2.29. The lowest BCUT2D eigenvalue weighted by molar-refractivity contribution is -0.116. The van der Waals surface area contributed by atoms with Crippen LogP contribution in [0.3, 0.4) is 0 Å². The van der Waals surface area contributed by atoms with Crippen LogP contribution in [0.2, 0.25) is 0 Å². The Morgan fingerprint density at radius 1 is 1.25 bits per heavy atom. The number of carbonyl (C=O) groups is 2. The molecule has 0 radical (unpaired) electrons. The van der Waals surface area contributed by atoms with Crippen molar-refractivity contribution >= 4 is 29.0 Å². The minimum absolute atomic E-state index is 0.168. The SMILES string of the molecule is NCC(=O)N1c2ccccc2C(=O)Nc2cccnc21. The monoisotopic (exact) mass is 268 g/mol. The van der Waals surface area contributed by atoms with Gasteiger partial charge in [-0.15, -0.1) is 0 Å². The number of nitrogens with zero attached hydrogens (tertiary/aromatic N) is 2. The number of benzene rings is 1. The summed E-state index contributed by atoms with van der Waals surface area (Å²) in [7, 11) is 0. The molecule has 1 aliphatic rings. The van der Waals surface area contributed by atoms with Gasteiger partial charge < -0.3 is 11.1 Å². The molecule has 2 aromatic rings. The van der Waals surface area contributed by atoms with Crippen LogP contribution in [0.15, 0.2) is 42.6 Å². The zero-order chi connectivity index (χ0) is 14.1. The van der Waals surface area contributed by atoms with E-state index in [0.717, 1.165) is 0 Å². The summed E-state index contributed by atoms with van der Waals surface area (Å²) in [5, 5.41) is 2.75. The first-order valence-electron chi connectivity index (χ1n) is 6.11. The van der Waals surface area contributed by atoms with E-state index < -0.39 is 0 Å². The molecule has 2 heterocycles. The van der Waals surface area contributed by atoms with Crippen molar-refractivity contribution in [3.8, 4) is 0 Å². The number of hydrogen-bond donors (Lipinski definition) is 2. The minimum Gasteiger partial charge on any atom is -0.322 e. The van der Waals surface area contributed by atoms with Gasteiger partial charge in [-0.1, -0.05) is 12.1 Å². The number of anilines is 3. The summed E-state index contributed by atoms with van der Waals surface area (Å²) in [5.41, 5.74) is 6.85. The molecule has 0 saturated heterocycles. The van der Waals surface area contributed by atoms with Gasteiger partial charge in [-0.25, -0.2) is 4.98 Å². The molecule has 0 aliphatic carbocycles. The zero-order valence-electron chi connectivity index (χ0n) is 10.5. The van der Waals surface area contributed by atoms with Gasteiger partial charge in [0.1, 0.15) is 0 Å². The molecule has 1 aliphatic heterocycles. The van der Waals surface area contributed by atoms with E-state index in [2.05, 4.69) is 10.3 Å². The Morgan fingerprint density at radius 3 is 2.85 bits per heavy atom. The van der Waals surface area contributed by atoms with Crippen LogP contribution in [0.25, 0.3) is 0 Å². The number of nitrogens with two attached hydrogens (primary N) is 1. The Bertz CT molecular complexity index is 699. The average Bonchev–Trinajstić information content (AvgIpc) is 2.61. The quantitative estimate of drug-likeness (QED) is 0.815. The number of amides is 2. The molecule has 0 unspecified atom stereocenters. The number of rotatable bonds is 1. The van der Waals surface area contributed by atoms with Crippen LogP contribution in [0.1, 0.15) is 10.4 Å². The van der Waals surface area contributed by atoms with E-state index in [1.165, 1.54) is 4.90 Å². The summed E-state index contributed by atoms with van der Waals surface area (Å²) in [6.07, 6.45) is 1.57. The van der Waals surface area contributed by atoms with Crippen molar-refractivity contribution in [2.24, 2.45) is 5.73 Å². The molecule has 6 heteroatoms. The third-order valence-corrected chi connectivity index (χ3v) is 3.06. The van der Waals surface area contributed by atoms with E-state index >= 15 is 0 Å². The Labute approximate surface area is 115 Å². The molecule has 0 saturated carbocycles. The summed E-state index contributed by atoms with van der Waals surface area (Å²) < 4.78 is 0. The highest BCUT2D eigenvalue weighted by molar-refractivity contribution is 6.17. The Morgan fingerprint density at radius 2 is 2.05 bits per heavy atom. The van der Waals surface area contributed by atoms with Crippen LogP contribution < -0.4 is 16.0 Å². The van der Waals surface area contributed by atoms with Gasteiger partial charge in [-0.2, -0.15) is 0 Å². The smallest absolute Gasteiger partial charge is 0.257 e. The maximum Gasteiger partial charge on any atom is 0.257 e. The molecule has 1 aromatic carbocycles. The van der Waals surface area contributed by atoms with E-state index in [9.17, 15) is 9.59 Å². The number of nitrogens with one attached hydrogen (secondary N) is 1. The number of fused-ring (bicyclic) bond motifs is 2. The molecular formula is C14H12N4O2. The highest BCUT2D eigenvalue weighted by atomic mass is 16.2. The summed E-state index contributed by atoms with van der Waals surface area (Å²) in [6, 6.07) is 10.3. The molecule has 0 atom stereocenters. The summed E-state index contributed by atoms with van der Waals surface area (Å²) in [5.74, 6) is -0.225. The van der Waals surface area contributed by atoms with E-state index in [0.29, 0.717) is 22.8 Å². The number of carbonyl (C=O) groups excluding carboxylic acids is 2. The highest BCUT2D eigenvalue weighted by Gasteiger charge is 2.29. The number of pyridine rings is 1. The van der Waals surface area contributed by atoms with Crippen molar-refractivity contribution in [3.05, 3.63) is 48.2 Å². The summed E-state index contributed by atoms with van der Waals surface area (Å²) >= 11 is 0. The predicted molar refractivity (Wildman–Crippen MR) is 74.8 cm³/mol. The molecule has 3 rings (SSSR count). The fourth-order valence-electron chi connectivity index (χ4n) is 2.18. The van der Waals surface area contributed by atoms with Crippen LogP contribution in [0.5, 0.6) is 0 Å². The van der Waals surface area contributed by atoms with Gasteiger partial charge in [-0.3, -0.25) is 14.5 Å². The summed E-state index contributed by atoms with van der Waals surface area (Å²) in [4.78, 5) is 30.0. The molecule has 100 valence electrons. The summed E-state index contributed by atoms with van der Waals surface area (Å²) in [6.45, 7) is -0.168. The van der Waals surface area contributed by atoms with Gasteiger partial charge in [-0.05, 0) is 24.3 Å². The number of hydrogen-bond acceptors (Lipinski definition) is 4. The molecule has 0 bridgehead atoms. The third kappa shape index (κ3) is 1.83. The normalized spacial score (nSPS) is 13.1. The number of aromatic nitrogens is 1. The van der Waals surface area contributed by atoms with Crippen LogP contribution in [-0.4, -0.2) is 23.3 Å². The molecule has 3 N–H and O–H groups in total. The maximum atomic E-state index is 12.2. The Kier molecular flexibility index (Phi) is 2.92. The lowest BCUT2D eigenvalue weighted by Gasteiger charge is -2.21. The second-order valence-corrected chi connectivity index (χ2v) is 4.28. The first-order valence-corrected chi connectivity index (χ1v) is 6.11. The van der Waals surface area contributed by atoms with Gasteiger partial charge in [0.2, 0.25) is 5.91 Å². The van der Waals surface area contributed by atoms with Crippen molar-refractivity contribution in [2.45, 2.75) is 0 Å². The lowest BCUT2D eigenvalue weighted by Crippen LogP contribution is -2.33. The number of para-hydroxylation sites is 1. The standard InChI is InChI=1S/C14H12N4O2/c15-8-12(19)18-11-6-2-1-4-9(11)14(20)17-10-5-3-7-16-13(10)18/h1-7H,8,15H2,(H,17,20). The topological polar surface area (TPSA) is 88.3 Å². The third-order valence-electron chi connectivity index (χ3n) is 3.06. The fraction of sp³-hybridized carbons (Fsp3) is 0.0714. The first-order chi connectivity index (χ1) is 9.72. The van der Waals surface area contributed by atoms with Crippen molar-refractivity contribution in [1.29, 1.82) is 0 Å². The predicted octanol–water partition coefficient (Wildman–Crippen LogP) is 1.27. The van der Waals surface area contributed by atoms with Crippen molar-refractivity contribution in [3.63, 3.8) is 0 Å². The van der Waals surface area contributed by atoms with Gasteiger partial charge in [0.05, 0.1) is 23.5 Å². The van der Waals surface area contributed by atoms with Crippen molar-refractivity contribution in [2.75, 3.05) is 16.8 Å². The van der Waals surface area contributed by atoms with E-state index in [4.69, 9.17) is 5.73 Å². The van der Waals surface area contributed by atoms with E-state index in [-0.39, 0.29) is 18.4 Å². The highest BCUT2D eigenvalue weighted by Crippen LogP contribution is 2.35. The van der Waals surface area contributed by atoms with Crippen LogP contribution in [0.4, 0.5) is 17.2 Å². The van der Waals surface area contributed by atoms with Crippen LogP contribution in [-0.2, 0) is 4.79 Å². The molecular weight excluding hydrogens is 256 g/mol. The molecule has 1 aromatic heterocycles. The molecule has 0 spiro atoms. The molecule has 2 amide bonds. The van der Waals surface area contributed by atoms with Crippen molar-refractivity contribution in [1.82, 2.24) is 4.98 Å². The van der Waals surface area contributed by atoms with E-state index in [1.807, 2.05) is 0 Å². The largest absolute Gasteiger partial charge is 0.322 e.